The number of anilines is 2. The number of benzene rings is 2. The summed E-state index contributed by atoms with van der Waals surface area (Å²) in [5.41, 5.74) is 1.33. The third-order valence-electron chi connectivity index (χ3n) is 4.24. The molecule has 1 fully saturated rings. The van der Waals surface area contributed by atoms with E-state index in [1.807, 2.05) is 0 Å². The van der Waals surface area contributed by atoms with Crippen LogP contribution in [0.3, 0.4) is 0 Å². The van der Waals surface area contributed by atoms with Gasteiger partial charge >= 0.3 is 6.03 Å². The average molecular weight is 390 g/mol. The standard InChI is InChI=1S/C19H20ClN3O4/c1-26-16-8-7-15(11-17(16)27-2)23-10-9-22(19(23)25)12-18(24)21-14-5-3-13(20)4-6-14/h3-8,11H,9-10,12H2,1-2H3,(H,21,24). The van der Waals surface area contributed by atoms with Gasteiger partial charge in [-0.2, -0.15) is 0 Å². The van der Waals surface area contributed by atoms with Gasteiger partial charge in [-0.25, -0.2) is 4.79 Å². The Kier molecular flexibility index (Phi) is 5.71. The molecule has 0 atom stereocenters. The number of carbonyl (C=O) groups excluding carboxylic acids is 2. The van der Waals surface area contributed by atoms with E-state index in [4.69, 9.17) is 21.1 Å². The minimum atomic E-state index is -0.264. The zero-order valence-electron chi connectivity index (χ0n) is 15.1. The number of nitrogens with one attached hydrogen (secondary N) is 1. The average Bonchev–Trinajstić information content (AvgIpc) is 3.03. The van der Waals surface area contributed by atoms with E-state index in [0.29, 0.717) is 41.0 Å². The Morgan fingerprint density at radius 3 is 2.44 bits per heavy atom. The largest absolute Gasteiger partial charge is 0.493 e. The van der Waals surface area contributed by atoms with Crippen LogP contribution in [0, 0.1) is 0 Å². The highest BCUT2D eigenvalue weighted by atomic mass is 35.5. The summed E-state index contributed by atoms with van der Waals surface area (Å²) in [6.07, 6.45) is 0. The Labute approximate surface area is 162 Å². The molecule has 2 aromatic rings. The summed E-state index contributed by atoms with van der Waals surface area (Å²) >= 11 is 5.83. The Morgan fingerprint density at radius 2 is 1.78 bits per heavy atom. The first kappa shape index (κ1) is 18.8. The number of amides is 3. The molecule has 1 heterocycles. The van der Waals surface area contributed by atoms with Crippen LogP contribution in [0.2, 0.25) is 5.02 Å². The van der Waals surface area contributed by atoms with Gasteiger partial charge in [0, 0.05) is 35.6 Å². The van der Waals surface area contributed by atoms with Crippen molar-refractivity contribution in [2.24, 2.45) is 0 Å². The SMILES string of the molecule is COc1ccc(N2CCN(CC(=O)Nc3ccc(Cl)cc3)C2=O)cc1OC. The quantitative estimate of drug-likeness (QED) is 0.823. The molecule has 27 heavy (non-hydrogen) atoms. The first-order chi connectivity index (χ1) is 13.0. The number of carbonyl (C=O) groups is 2. The van der Waals surface area contributed by atoms with Crippen LogP contribution in [0.5, 0.6) is 11.5 Å². The van der Waals surface area contributed by atoms with E-state index in [0.717, 1.165) is 0 Å². The Balaban J connectivity index is 1.64. The van der Waals surface area contributed by atoms with Crippen molar-refractivity contribution in [2.75, 3.05) is 44.1 Å². The molecule has 1 saturated heterocycles. The third-order valence-corrected chi connectivity index (χ3v) is 4.49. The summed E-state index contributed by atoms with van der Waals surface area (Å²) < 4.78 is 10.5. The zero-order chi connectivity index (χ0) is 19.4. The number of rotatable bonds is 6. The van der Waals surface area contributed by atoms with Gasteiger partial charge in [0.15, 0.2) is 11.5 Å². The van der Waals surface area contributed by atoms with E-state index >= 15 is 0 Å². The Bertz CT molecular complexity index is 841. The van der Waals surface area contributed by atoms with Crippen molar-refractivity contribution in [3.05, 3.63) is 47.5 Å². The number of methoxy groups -OCH3 is 2. The predicted octanol–water partition coefficient (Wildman–Crippen LogP) is 3.24. The second-order valence-corrected chi connectivity index (χ2v) is 6.39. The minimum absolute atomic E-state index is 0.0226. The maximum absolute atomic E-state index is 12.7. The summed E-state index contributed by atoms with van der Waals surface area (Å²) in [5.74, 6) is 0.869. The number of urea groups is 1. The van der Waals surface area contributed by atoms with E-state index in [1.54, 1.807) is 61.6 Å². The lowest BCUT2D eigenvalue weighted by atomic mass is 10.2. The summed E-state index contributed by atoms with van der Waals surface area (Å²) in [5, 5.41) is 3.35. The molecule has 1 N–H and O–H groups in total. The number of nitrogens with zero attached hydrogens (tertiary/aromatic N) is 2. The molecule has 0 bridgehead atoms. The topological polar surface area (TPSA) is 71.1 Å². The summed E-state index contributed by atoms with van der Waals surface area (Å²) in [7, 11) is 3.10. The fourth-order valence-corrected chi connectivity index (χ4v) is 2.99. The van der Waals surface area contributed by atoms with Crippen molar-refractivity contribution < 1.29 is 19.1 Å². The van der Waals surface area contributed by atoms with Crippen molar-refractivity contribution in [1.82, 2.24) is 4.90 Å². The first-order valence-electron chi connectivity index (χ1n) is 8.35. The van der Waals surface area contributed by atoms with Gasteiger partial charge in [0.2, 0.25) is 5.91 Å². The van der Waals surface area contributed by atoms with Gasteiger partial charge in [0.05, 0.1) is 14.2 Å². The van der Waals surface area contributed by atoms with E-state index in [9.17, 15) is 9.59 Å². The molecule has 2 aromatic carbocycles. The van der Waals surface area contributed by atoms with Crippen LogP contribution < -0.4 is 19.7 Å². The van der Waals surface area contributed by atoms with Crippen molar-refractivity contribution >= 4 is 34.9 Å². The van der Waals surface area contributed by atoms with Crippen molar-refractivity contribution in [3.8, 4) is 11.5 Å². The smallest absolute Gasteiger partial charge is 0.325 e. The maximum Gasteiger partial charge on any atom is 0.325 e. The molecular formula is C19H20ClN3O4. The molecule has 3 rings (SSSR count). The lowest BCUT2D eigenvalue weighted by Crippen LogP contribution is -2.37. The van der Waals surface area contributed by atoms with Gasteiger partial charge in [0.25, 0.3) is 0 Å². The fraction of sp³-hybridized carbons (Fsp3) is 0.263. The molecule has 0 aliphatic carbocycles. The molecule has 8 heteroatoms. The van der Waals surface area contributed by atoms with Crippen LogP contribution >= 0.6 is 11.6 Å². The molecule has 7 nitrogen and oxygen atoms in total. The predicted molar refractivity (Wildman–Crippen MR) is 104 cm³/mol. The fourth-order valence-electron chi connectivity index (χ4n) is 2.87. The molecule has 0 radical (unpaired) electrons. The summed E-state index contributed by atoms with van der Waals surface area (Å²) in [6.45, 7) is 0.926. The molecule has 0 aromatic heterocycles. The monoisotopic (exact) mass is 389 g/mol. The Morgan fingerprint density at radius 1 is 1.07 bits per heavy atom. The molecular weight excluding hydrogens is 370 g/mol. The first-order valence-corrected chi connectivity index (χ1v) is 8.73. The third kappa shape index (κ3) is 4.25. The van der Waals surface area contributed by atoms with Gasteiger partial charge in [-0.15, -0.1) is 0 Å². The molecule has 142 valence electrons. The highest BCUT2D eigenvalue weighted by Gasteiger charge is 2.31. The molecule has 1 aliphatic heterocycles. The highest BCUT2D eigenvalue weighted by molar-refractivity contribution is 6.30. The summed E-state index contributed by atoms with van der Waals surface area (Å²) in [4.78, 5) is 28.0. The molecule has 0 unspecified atom stereocenters. The lowest BCUT2D eigenvalue weighted by molar-refractivity contribution is -0.116. The van der Waals surface area contributed by atoms with Crippen LogP contribution in [0.1, 0.15) is 0 Å². The van der Waals surface area contributed by atoms with E-state index in [1.165, 1.54) is 4.90 Å². The normalized spacial score (nSPS) is 13.7. The molecule has 1 aliphatic rings. The van der Waals surface area contributed by atoms with E-state index in [2.05, 4.69) is 5.32 Å². The van der Waals surface area contributed by atoms with Crippen LogP contribution in [0.4, 0.5) is 16.2 Å². The van der Waals surface area contributed by atoms with Gasteiger partial charge < -0.3 is 19.7 Å². The highest BCUT2D eigenvalue weighted by Crippen LogP contribution is 2.32. The number of hydrogen-bond acceptors (Lipinski definition) is 4. The van der Waals surface area contributed by atoms with Gasteiger partial charge in [-0.3, -0.25) is 9.69 Å². The number of ether oxygens (including phenoxy) is 2. The van der Waals surface area contributed by atoms with Crippen LogP contribution in [-0.2, 0) is 4.79 Å². The van der Waals surface area contributed by atoms with E-state index in [-0.39, 0.29) is 18.5 Å². The summed E-state index contributed by atoms with van der Waals surface area (Å²) in [6, 6.07) is 11.9. The van der Waals surface area contributed by atoms with Gasteiger partial charge in [-0.1, -0.05) is 11.6 Å². The van der Waals surface area contributed by atoms with Gasteiger partial charge in [-0.05, 0) is 36.4 Å². The van der Waals surface area contributed by atoms with Crippen molar-refractivity contribution in [2.45, 2.75) is 0 Å². The Hall–Kier alpha value is -2.93. The maximum atomic E-state index is 12.7. The number of hydrogen-bond donors (Lipinski definition) is 1. The van der Waals surface area contributed by atoms with E-state index < -0.39 is 0 Å². The second kappa shape index (κ2) is 8.18. The number of halogens is 1. The minimum Gasteiger partial charge on any atom is -0.493 e. The van der Waals surface area contributed by atoms with Crippen LogP contribution in [0.25, 0.3) is 0 Å². The van der Waals surface area contributed by atoms with Gasteiger partial charge in [0.1, 0.15) is 6.54 Å². The van der Waals surface area contributed by atoms with Crippen molar-refractivity contribution in [3.63, 3.8) is 0 Å². The molecule has 0 saturated carbocycles. The molecule has 0 spiro atoms. The second-order valence-electron chi connectivity index (χ2n) is 5.95. The zero-order valence-corrected chi connectivity index (χ0v) is 15.8. The lowest BCUT2D eigenvalue weighted by Gasteiger charge is -2.19. The van der Waals surface area contributed by atoms with Crippen molar-refractivity contribution in [1.29, 1.82) is 0 Å². The van der Waals surface area contributed by atoms with Crippen LogP contribution in [0.15, 0.2) is 42.5 Å². The van der Waals surface area contributed by atoms with Crippen LogP contribution in [-0.4, -0.2) is 50.7 Å². The molecule has 3 amide bonds.